The van der Waals surface area contributed by atoms with Gasteiger partial charge in [-0.1, -0.05) is 60.7 Å². The minimum atomic E-state index is 0.315. The lowest BCUT2D eigenvalue weighted by Gasteiger charge is -2.16. The van der Waals surface area contributed by atoms with E-state index in [-0.39, 0.29) is 0 Å². The van der Waals surface area contributed by atoms with E-state index in [1.165, 1.54) is 11.1 Å². The first kappa shape index (κ1) is 13.3. The zero-order valence-electron chi connectivity index (χ0n) is 10.9. The number of carbonyl (C=O) groups excluding carboxylic acids is 1. The highest BCUT2D eigenvalue weighted by molar-refractivity contribution is 5.37. The first-order chi connectivity index (χ1) is 9.38. The van der Waals surface area contributed by atoms with Crippen LogP contribution in [0.2, 0.25) is 0 Å². The molecule has 0 N–H and O–H groups in total. The number of rotatable bonds is 7. The molecule has 0 saturated carbocycles. The number of ether oxygens (including phenoxy) is 1. The molecule has 0 spiro atoms. The third kappa shape index (κ3) is 4.59. The Morgan fingerprint density at radius 1 is 0.842 bits per heavy atom. The van der Waals surface area contributed by atoms with Crippen LogP contribution in [0.5, 0.6) is 0 Å². The summed E-state index contributed by atoms with van der Waals surface area (Å²) in [6.07, 6.45) is 1.84. The fraction of sp³-hybridized carbons (Fsp3) is 0.235. The fourth-order valence-electron chi connectivity index (χ4n) is 2.26. The zero-order valence-corrected chi connectivity index (χ0v) is 10.9. The molecule has 2 nitrogen and oxygen atoms in total. The van der Waals surface area contributed by atoms with E-state index in [1.807, 2.05) is 36.4 Å². The van der Waals surface area contributed by atoms with Crippen molar-refractivity contribution in [3.8, 4) is 0 Å². The quantitative estimate of drug-likeness (QED) is 0.709. The van der Waals surface area contributed by atoms with Crippen molar-refractivity contribution in [3.05, 3.63) is 71.8 Å². The van der Waals surface area contributed by atoms with Crippen molar-refractivity contribution >= 4 is 6.47 Å². The Labute approximate surface area is 114 Å². The average Bonchev–Trinajstić information content (AvgIpc) is 2.47. The van der Waals surface area contributed by atoms with Crippen molar-refractivity contribution < 1.29 is 9.53 Å². The van der Waals surface area contributed by atoms with Gasteiger partial charge in [0.15, 0.2) is 0 Å². The van der Waals surface area contributed by atoms with Gasteiger partial charge in [-0.3, -0.25) is 4.79 Å². The van der Waals surface area contributed by atoms with Crippen LogP contribution < -0.4 is 0 Å². The van der Waals surface area contributed by atoms with Gasteiger partial charge in [-0.2, -0.15) is 0 Å². The monoisotopic (exact) mass is 254 g/mol. The van der Waals surface area contributed by atoms with Crippen LogP contribution in [0.25, 0.3) is 0 Å². The van der Waals surface area contributed by atoms with E-state index < -0.39 is 0 Å². The molecular formula is C17H18O2. The lowest BCUT2D eigenvalue weighted by Crippen LogP contribution is -2.15. The molecule has 2 aromatic rings. The summed E-state index contributed by atoms with van der Waals surface area (Å²) in [7, 11) is 0. The molecule has 0 aliphatic rings. The van der Waals surface area contributed by atoms with Crippen LogP contribution in [0.4, 0.5) is 0 Å². The summed E-state index contributed by atoms with van der Waals surface area (Å²) in [6.45, 7) is 0.996. The molecule has 0 aromatic heterocycles. The van der Waals surface area contributed by atoms with E-state index in [4.69, 9.17) is 4.74 Å². The van der Waals surface area contributed by atoms with Gasteiger partial charge in [-0.25, -0.2) is 0 Å². The van der Waals surface area contributed by atoms with Gasteiger partial charge in [0.25, 0.3) is 6.47 Å². The zero-order chi connectivity index (χ0) is 13.3. The normalized spacial score (nSPS) is 10.4. The first-order valence-corrected chi connectivity index (χ1v) is 6.51. The summed E-state index contributed by atoms with van der Waals surface area (Å²) in [4.78, 5) is 10.4. The number of hydrogen-bond acceptors (Lipinski definition) is 2. The van der Waals surface area contributed by atoms with Crippen molar-refractivity contribution in [2.45, 2.75) is 12.8 Å². The highest BCUT2D eigenvalue weighted by atomic mass is 16.5. The molecule has 2 rings (SSSR count). The van der Waals surface area contributed by atoms with Gasteiger partial charge in [0.2, 0.25) is 0 Å². The van der Waals surface area contributed by atoms with E-state index in [2.05, 4.69) is 24.3 Å². The molecule has 0 aliphatic heterocycles. The first-order valence-electron chi connectivity index (χ1n) is 6.51. The van der Waals surface area contributed by atoms with Crippen LogP contribution in [0.15, 0.2) is 60.7 Å². The van der Waals surface area contributed by atoms with Crippen molar-refractivity contribution in [2.75, 3.05) is 6.61 Å². The lowest BCUT2D eigenvalue weighted by molar-refractivity contribution is -0.129. The van der Waals surface area contributed by atoms with Crippen LogP contribution in [0.3, 0.4) is 0 Å². The molecule has 0 heterocycles. The highest BCUT2D eigenvalue weighted by Gasteiger charge is 2.11. The summed E-state index contributed by atoms with van der Waals surface area (Å²) >= 11 is 0. The van der Waals surface area contributed by atoms with Gasteiger partial charge in [0, 0.05) is 5.92 Å². The number of benzene rings is 2. The summed E-state index contributed by atoms with van der Waals surface area (Å²) in [6, 6.07) is 20.6. The SMILES string of the molecule is O=COCC(Cc1ccccc1)Cc1ccccc1. The predicted octanol–water partition coefficient (Wildman–Crippen LogP) is 3.26. The molecule has 98 valence electrons. The van der Waals surface area contributed by atoms with Gasteiger partial charge in [0.1, 0.15) is 0 Å². The fourth-order valence-corrected chi connectivity index (χ4v) is 2.26. The molecule has 2 aromatic carbocycles. The topological polar surface area (TPSA) is 26.3 Å². The Bertz CT molecular complexity index is 438. The van der Waals surface area contributed by atoms with E-state index >= 15 is 0 Å². The second-order valence-corrected chi connectivity index (χ2v) is 4.68. The largest absolute Gasteiger partial charge is 0.468 e. The van der Waals surface area contributed by atoms with E-state index in [0.29, 0.717) is 19.0 Å². The van der Waals surface area contributed by atoms with Crippen molar-refractivity contribution in [2.24, 2.45) is 5.92 Å². The maximum atomic E-state index is 10.4. The summed E-state index contributed by atoms with van der Waals surface area (Å²) < 4.78 is 4.96. The molecule has 0 amide bonds. The van der Waals surface area contributed by atoms with Gasteiger partial charge in [-0.15, -0.1) is 0 Å². The van der Waals surface area contributed by atoms with Crippen LogP contribution in [-0.4, -0.2) is 13.1 Å². The minimum Gasteiger partial charge on any atom is -0.468 e. The van der Waals surface area contributed by atoms with Crippen molar-refractivity contribution in [1.82, 2.24) is 0 Å². The highest BCUT2D eigenvalue weighted by Crippen LogP contribution is 2.15. The summed E-state index contributed by atoms with van der Waals surface area (Å²) in [5.41, 5.74) is 2.55. The van der Waals surface area contributed by atoms with E-state index in [9.17, 15) is 4.79 Å². The Kier molecular flexibility index (Phi) is 5.17. The molecular weight excluding hydrogens is 236 g/mol. The lowest BCUT2D eigenvalue weighted by atomic mass is 9.93. The van der Waals surface area contributed by atoms with E-state index in [0.717, 1.165) is 12.8 Å². The van der Waals surface area contributed by atoms with Gasteiger partial charge in [-0.05, 0) is 24.0 Å². The third-order valence-corrected chi connectivity index (χ3v) is 3.13. The van der Waals surface area contributed by atoms with Crippen LogP contribution in [0, 0.1) is 5.92 Å². The van der Waals surface area contributed by atoms with Crippen LogP contribution in [-0.2, 0) is 22.4 Å². The molecule has 0 bridgehead atoms. The Morgan fingerprint density at radius 3 is 1.74 bits per heavy atom. The second kappa shape index (κ2) is 7.37. The second-order valence-electron chi connectivity index (χ2n) is 4.68. The summed E-state index contributed by atoms with van der Waals surface area (Å²) in [5, 5.41) is 0. The van der Waals surface area contributed by atoms with Crippen LogP contribution in [0.1, 0.15) is 11.1 Å². The summed E-state index contributed by atoms with van der Waals surface area (Å²) in [5.74, 6) is 0.315. The maximum Gasteiger partial charge on any atom is 0.293 e. The average molecular weight is 254 g/mol. The Balaban J connectivity index is 2.01. The smallest absolute Gasteiger partial charge is 0.293 e. The van der Waals surface area contributed by atoms with Gasteiger partial charge >= 0.3 is 0 Å². The standard InChI is InChI=1S/C17H18O2/c18-14-19-13-17(11-15-7-3-1-4-8-15)12-16-9-5-2-6-10-16/h1-10,14,17H,11-13H2. The molecule has 0 radical (unpaired) electrons. The van der Waals surface area contributed by atoms with Crippen molar-refractivity contribution in [3.63, 3.8) is 0 Å². The van der Waals surface area contributed by atoms with Crippen LogP contribution >= 0.6 is 0 Å². The number of hydrogen-bond donors (Lipinski definition) is 0. The Morgan fingerprint density at radius 2 is 1.32 bits per heavy atom. The van der Waals surface area contributed by atoms with Gasteiger partial charge in [0.05, 0.1) is 6.61 Å². The molecule has 0 unspecified atom stereocenters. The molecule has 19 heavy (non-hydrogen) atoms. The molecule has 0 saturated heterocycles. The maximum absolute atomic E-state index is 10.4. The third-order valence-electron chi connectivity index (χ3n) is 3.13. The molecule has 2 heteroatoms. The van der Waals surface area contributed by atoms with E-state index in [1.54, 1.807) is 0 Å². The molecule has 0 aliphatic carbocycles. The minimum absolute atomic E-state index is 0.315. The Hall–Kier alpha value is -2.09. The molecule has 0 atom stereocenters. The molecule has 0 fully saturated rings. The van der Waals surface area contributed by atoms with Crippen molar-refractivity contribution in [1.29, 1.82) is 0 Å². The predicted molar refractivity (Wildman–Crippen MR) is 75.8 cm³/mol. The van der Waals surface area contributed by atoms with Gasteiger partial charge < -0.3 is 4.74 Å². The number of carbonyl (C=O) groups is 1.